The van der Waals surface area contributed by atoms with Crippen LogP contribution in [-0.2, 0) is 11.3 Å². The second-order valence-corrected chi connectivity index (χ2v) is 7.17. The first-order chi connectivity index (χ1) is 12.2. The summed E-state index contributed by atoms with van der Waals surface area (Å²) in [7, 11) is 1.98. The highest BCUT2D eigenvalue weighted by atomic mass is 16.5. The predicted octanol–water partition coefficient (Wildman–Crippen LogP) is 2.74. The monoisotopic (exact) mass is 340 g/mol. The smallest absolute Gasteiger partial charge is 0.237 e. The second-order valence-electron chi connectivity index (χ2n) is 7.17. The van der Waals surface area contributed by atoms with Crippen LogP contribution in [0, 0.1) is 0 Å². The molecule has 2 heterocycles. The van der Waals surface area contributed by atoms with E-state index in [9.17, 15) is 4.79 Å². The first kappa shape index (κ1) is 16.3. The van der Waals surface area contributed by atoms with Gasteiger partial charge in [0.2, 0.25) is 11.8 Å². The minimum Gasteiger partial charge on any atom is -0.339 e. The highest BCUT2D eigenvalue weighted by molar-refractivity contribution is 5.79. The lowest BCUT2D eigenvalue weighted by atomic mass is 10.2. The Bertz CT molecular complexity index is 726. The molecule has 0 radical (unpaired) electrons. The van der Waals surface area contributed by atoms with Crippen molar-refractivity contribution in [2.45, 2.75) is 44.2 Å². The maximum absolute atomic E-state index is 12.8. The van der Waals surface area contributed by atoms with Crippen LogP contribution in [0.3, 0.4) is 0 Å². The third kappa shape index (κ3) is 3.74. The molecule has 1 aromatic carbocycles. The van der Waals surface area contributed by atoms with Gasteiger partial charge in [-0.1, -0.05) is 35.5 Å². The Morgan fingerprint density at radius 1 is 1.28 bits per heavy atom. The van der Waals surface area contributed by atoms with Crippen LogP contribution in [0.5, 0.6) is 0 Å². The topological polar surface area (TPSA) is 62.5 Å². The first-order valence-corrected chi connectivity index (χ1v) is 9.06. The largest absolute Gasteiger partial charge is 0.339 e. The second kappa shape index (κ2) is 6.96. The molecule has 25 heavy (non-hydrogen) atoms. The van der Waals surface area contributed by atoms with E-state index in [0.717, 1.165) is 44.7 Å². The van der Waals surface area contributed by atoms with E-state index in [1.807, 2.05) is 30.1 Å². The Labute approximate surface area is 147 Å². The van der Waals surface area contributed by atoms with Gasteiger partial charge in [0.15, 0.2) is 5.82 Å². The molecule has 0 spiro atoms. The zero-order valence-electron chi connectivity index (χ0n) is 14.6. The van der Waals surface area contributed by atoms with E-state index < -0.39 is 0 Å². The third-order valence-electron chi connectivity index (χ3n) is 4.96. The fraction of sp³-hybridized carbons (Fsp3) is 0.526. The van der Waals surface area contributed by atoms with Crippen LogP contribution in [-0.4, -0.2) is 46.0 Å². The summed E-state index contributed by atoms with van der Waals surface area (Å²) in [6.07, 6.45) is 4.18. The van der Waals surface area contributed by atoms with Gasteiger partial charge in [0.1, 0.15) is 0 Å². The van der Waals surface area contributed by atoms with Crippen LogP contribution in [0.1, 0.15) is 54.9 Å². The molecule has 1 aliphatic heterocycles. The van der Waals surface area contributed by atoms with Crippen LogP contribution >= 0.6 is 0 Å². The van der Waals surface area contributed by atoms with Gasteiger partial charge in [-0.2, -0.15) is 4.98 Å². The highest BCUT2D eigenvalue weighted by Gasteiger charge is 2.36. The molecule has 1 atom stereocenters. The summed E-state index contributed by atoms with van der Waals surface area (Å²) in [5.74, 6) is 2.01. The van der Waals surface area contributed by atoms with E-state index in [1.165, 1.54) is 5.56 Å². The van der Waals surface area contributed by atoms with Gasteiger partial charge < -0.3 is 9.42 Å². The molecule has 1 saturated heterocycles. The van der Waals surface area contributed by atoms with Crippen LogP contribution < -0.4 is 0 Å². The number of carbonyl (C=O) groups is 1. The number of nitrogens with zero attached hydrogens (tertiary/aromatic N) is 4. The average molecular weight is 340 g/mol. The molecule has 1 aromatic heterocycles. The van der Waals surface area contributed by atoms with Gasteiger partial charge in [-0.3, -0.25) is 9.69 Å². The zero-order valence-corrected chi connectivity index (χ0v) is 14.6. The van der Waals surface area contributed by atoms with E-state index >= 15 is 0 Å². The zero-order chi connectivity index (χ0) is 17.2. The van der Waals surface area contributed by atoms with Gasteiger partial charge in [-0.05, 0) is 38.3 Å². The lowest BCUT2D eigenvalue weighted by molar-refractivity contribution is -0.133. The van der Waals surface area contributed by atoms with E-state index in [-0.39, 0.29) is 11.9 Å². The summed E-state index contributed by atoms with van der Waals surface area (Å²) in [4.78, 5) is 21.3. The van der Waals surface area contributed by atoms with Gasteiger partial charge in [0.25, 0.3) is 0 Å². The molecular formula is C19H24N4O2. The Morgan fingerprint density at radius 3 is 2.84 bits per heavy atom. The number of rotatable bonds is 6. The summed E-state index contributed by atoms with van der Waals surface area (Å²) in [5, 5.41) is 4.15. The molecule has 1 aliphatic carbocycles. The van der Waals surface area contributed by atoms with Crippen molar-refractivity contribution in [2.75, 3.05) is 20.1 Å². The molecule has 132 valence electrons. The normalized spacial score (nSPS) is 20.4. The molecule has 2 aromatic rings. The number of hydrogen-bond donors (Lipinski definition) is 0. The minimum atomic E-state index is -0.0334. The molecule has 2 aliphatic rings. The van der Waals surface area contributed by atoms with E-state index in [1.54, 1.807) is 0 Å². The van der Waals surface area contributed by atoms with Crippen molar-refractivity contribution < 1.29 is 9.32 Å². The number of benzene rings is 1. The van der Waals surface area contributed by atoms with Crippen LogP contribution in [0.15, 0.2) is 34.9 Å². The Kier molecular flexibility index (Phi) is 4.53. The quantitative estimate of drug-likeness (QED) is 0.809. The van der Waals surface area contributed by atoms with Crippen molar-refractivity contribution in [1.82, 2.24) is 19.9 Å². The number of likely N-dealkylation sites (tertiary alicyclic amines) is 1. The number of amides is 1. The predicted molar refractivity (Wildman–Crippen MR) is 92.7 cm³/mol. The van der Waals surface area contributed by atoms with Crippen molar-refractivity contribution >= 4 is 5.91 Å². The van der Waals surface area contributed by atoms with Crippen molar-refractivity contribution in [3.63, 3.8) is 0 Å². The fourth-order valence-electron chi connectivity index (χ4n) is 3.49. The molecule has 6 nitrogen and oxygen atoms in total. The lowest BCUT2D eigenvalue weighted by Gasteiger charge is -2.25. The first-order valence-electron chi connectivity index (χ1n) is 9.06. The van der Waals surface area contributed by atoms with Crippen molar-refractivity contribution in [3.8, 4) is 0 Å². The van der Waals surface area contributed by atoms with Crippen molar-refractivity contribution in [2.24, 2.45) is 0 Å². The van der Waals surface area contributed by atoms with Crippen molar-refractivity contribution in [3.05, 3.63) is 47.6 Å². The SMILES string of the molecule is CN(CC(=O)N1CCC[C@H]1c1noc(C2CC2)n1)Cc1ccccc1. The number of likely N-dealkylation sites (N-methyl/N-ethyl adjacent to an activating group) is 1. The molecule has 0 bridgehead atoms. The maximum atomic E-state index is 12.8. The summed E-state index contributed by atoms with van der Waals surface area (Å²) in [6, 6.07) is 10.2. The average Bonchev–Trinajstić information content (AvgIpc) is 3.14. The Balaban J connectivity index is 1.38. The summed E-state index contributed by atoms with van der Waals surface area (Å²) in [6.45, 7) is 1.94. The van der Waals surface area contributed by atoms with Crippen LogP contribution in [0.25, 0.3) is 0 Å². The summed E-state index contributed by atoms with van der Waals surface area (Å²) >= 11 is 0. The Morgan fingerprint density at radius 2 is 2.08 bits per heavy atom. The highest BCUT2D eigenvalue weighted by Crippen LogP contribution is 2.40. The van der Waals surface area contributed by atoms with Gasteiger partial charge >= 0.3 is 0 Å². The molecule has 4 rings (SSSR count). The molecule has 6 heteroatoms. The van der Waals surface area contributed by atoms with Crippen LogP contribution in [0.4, 0.5) is 0 Å². The van der Waals surface area contributed by atoms with Crippen molar-refractivity contribution in [1.29, 1.82) is 0 Å². The van der Waals surface area contributed by atoms with E-state index in [4.69, 9.17) is 4.52 Å². The summed E-state index contributed by atoms with van der Waals surface area (Å²) < 4.78 is 5.38. The maximum Gasteiger partial charge on any atom is 0.237 e. The number of aromatic nitrogens is 2. The lowest BCUT2D eigenvalue weighted by Crippen LogP contribution is -2.38. The molecule has 1 amide bonds. The van der Waals surface area contributed by atoms with Gasteiger partial charge in [-0.15, -0.1) is 0 Å². The minimum absolute atomic E-state index is 0.0334. The number of hydrogen-bond acceptors (Lipinski definition) is 5. The molecular weight excluding hydrogens is 316 g/mol. The standard InChI is InChI=1S/C19H24N4O2/c1-22(12-14-6-3-2-4-7-14)13-17(24)23-11-5-8-16(23)18-20-19(25-21-18)15-9-10-15/h2-4,6-7,15-16H,5,8-13H2,1H3/t16-/m0/s1. The van der Waals surface area contributed by atoms with Gasteiger partial charge in [0, 0.05) is 19.0 Å². The number of carbonyl (C=O) groups excluding carboxylic acids is 1. The van der Waals surface area contributed by atoms with E-state index in [0.29, 0.717) is 18.3 Å². The fourth-order valence-corrected chi connectivity index (χ4v) is 3.49. The molecule has 0 N–H and O–H groups in total. The molecule has 0 unspecified atom stereocenters. The van der Waals surface area contributed by atoms with Gasteiger partial charge in [0.05, 0.1) is 12.6 Å². The van der Waals surface area contributed by atoms with Crippen LogP contribution in [0.2, 0.25) is 0 Å². The Hall–Kier alpha value is -2.21. The van der Waals surface area contributed by atoms with E-state index in [2.05, 4.69) is 27.2 Å². The molecule has 2 fully saturated rings. The van der Waals surface area contributed by atoms with Gasteiger partial charge in [-0.25, -0.2) is 0 Å². The third-order valence-corrected chi connectivity index (χ3v) is 4.96. The molecule has 1 saturated carbocycles. The summed E-state index contributed by atoms with van der Waals surface area (Å²) in [5.41, 5.74) is 1.21.